The summed E-state index contributed by atoms with van der Waals surface area (Å²) in [5.41, 5.74) is 5.61. The first kappa shape index (κ1) is 8.05. The Morgan fingerprint density at radius 1 is 1.67 bits per heavy atom. The smallest absolute Gasteiger partial charge is 0.226 e. The van der Waals surface area contributed by atoms with Gasteiger partial charge in [0.05, 0.1) is 0 Å². The summed E-state index contributed by atoms with van der Waals surface area (Å²) < 4.78 is 0. The molecule has 68 valence electrons. The first-order valence-corrected chi connectivity index (χ1v) is 4.74. The van der Waals surface area contributed by atoms with Crippen molar-refractivity contribution in [3.05, 3.63) is 0 Å². The van der Waals surface area contributed by atoms with Gasteiger partial charge in [0.15, 0.2) is 0 Å². The largest absolute Gasteiger partial charge is 0.351 e. The standard InChI is InChI=1S/C9H16N2O/c1-2-9(3-4-9)8(12)11-7-5-6(7)10/h6-7H,2-5,10H2,1H3,(H,11,12). The van der Waals surface area contributed by atoms with Crippen LogP contribution in [0, 0.1) is 5.41 Å². The van der Waals surface area contributed by atoms with E-state index in [0.717, 1.165) is 25.7 Å². The molecule has 2 rings (SSSR count). The Bertz CT molecular complexity index is 211. The molecule has 2 saturated carbocycles. The molecule has 2 atom stereocenters. The van der Waals surface area contributed by atoms with Gasteiger partial charge in [0.2, 0.25) is 5.91 Å². The summed E-state index contributed by atoms with van der Waals surface area (Å²) in [6.07, 6.45) is 4.07. The molecule has 2 aliphatic rings. The van der Waals surface area contributed by atoms with Crippen LogP contribution in [-0.4, -0.2) is 18.0 Å². The van der Waals surface area contributed by atoms with Crippen molar-refractivity contribution in [1.82, 2.24) is 5.32 Å². The molecule has 0 heterocycles. The summed E-state index contributed by atoms with van der Waals surface area (Å²) in [6, 6.07) is 0.503. The second-order valence-electron chi connectivity index (χ2n) is 4.11. The van der Waals surface area contributed by atoms with Crippen LogP contribution >= 0.6 is 0 Å². The van der Waals surface area contributed by atoms with Crippen LogP contribution in [-0.2, 0) is 4.79 Å². The highest BCUT2D eigenvalue weighted by Crippen LogP contribution is 2.49. The minimum absolute atomic E-state index is 0.00229. The van der Waals surface area contributed by atoms with E-state index in [4.69, 9.17) is 5.73 Å². The van der Waals surface area contributed by atoms with Crippen molar-refractivity contribution in [3.63, 3.8) is 0 Å². The van der Waals surface area contributed by atoms with Crippen molar-refractivity contribution >= 4 is 5.91 Å². The lowest BCUT2D eigenvalue weighted by Crippen LogP contribution is -2.35. The zero-order chi connectivity index (χ0) is 8.77. The van der Waals surface area contributed by atoms with Crippen LogP contribution in [0.1, 0.15) is 32.6 Å². The van der Waals surface area contributed by atoms with Crippen molar-refractivity contribution in [2.75, 3.05) is 0 Å². The van der Waals surface area contributed by atoms with Gasteiger partial charge in [-0.25, -0.2) is 0 Å². The highest BCUT2D eigenvalue weighted by atomic mass is 16.2. The van der Waals surface area contributed by atoms with Crippen LogP contribution < -0.4 is 11.1 Å². The number of carbonyl (C=O) groups excluding carboxylic acids is 1. The molecule has 3 nitrogen and oxygen atoms in total. The van der Waals surface area contributed by atoms with Crippen LogP contribution in [0.4, 0.5) is 0 Å². The zero-order valence-electron chi connectivity index (χ0n) is 7.47. The maximum atomic E-state index is 11.6. The summed E-state index contributed by atoms with van der Waals surface area (Å²) in [5, 5.41) is 2.99. The van der Waals surface area contributed by atoms with Gasteiger partial charge in [0.25, 0.3) is 0 Å². The number of hydrogen-bond acceptors (Lipinski definition) is 2. The van der Waals surface area contributed by atoms with Crippen molar-refractivity contribution < 1.29 is 4.79 Å². The van der Waals surface area contributed by atoms with E-state index in [1.807, 2.05) is 0 Å². The summed E-state index contributed by atoms with van der Waals surface area (Å²) >= 11 is 0. The molecule has 0 bridgehead atoms. The van der Waals surface area contributed by atoms with Crippen LogP contribution in [0.15, 0.2) is 0 Å². The predicted octanol–water partition coefficient (Wildman–Crippen LogP) is 0.392. The Kier molecular flexibility index (Phi) is 1.65. The normalized spacial score (nSPS) is 35.8. The van der Waals surface area contributed by atoms with Crippen molar-refractivity contribution in [2.24, 2.45) is 11.1 Å². The van der Waals surface area contributed by atoms with E-state index in [9.17, 15) is 4.79 Å². The van der Waals surface area contributed by atoms with Crippen molar-refractivity contribution in [2.45, 2.75) is 44.7 Å². The predicted molar refractivity (Wildman–Crippen MR) is 46.5 cm³/mol. The average molecular weight is 168 g/mol. The second kappa shape index (κ2) is 2.46. The summed E-state index contributed by atoms with van der Waals surface area (Å²) in [7, 11) is 0. The molecule has 0 aromatic carbocycles. The fraction of sp³-hybridized carbons (Fsp3) is 0.889. The number of amides is 1. The maximum absolute atomic E-state index is 11.6. The van der Waals surface area contributed by atoms with E-state index < -0.39 is 0 Å². The molecule has 3 heteroatoms. The number of carbonyl (C=O) groups is 1. The Labute approximate surface area is 72.7 Å². The maximum Gasteiger partial charge on any atom is 0.226 e. The van der Waals surface area contributed by atoms with E-state index in [1.165, 1.54) is 0 Å². The topological polar surface area (TPSA) is 55.1 Å². The Morgan fingerprint density at radius 3 is 2.58 bits per heavy atom. The lowest BCUT2D eigenvalue weighted by Gasteiger charge is -2.11. The molecule has 0 aromatic heterocycles. The molecule has 0 aliphatic heterocycles. The van der Waals surface area contributed by atoms with Crippen molar-refractivity contribution in [3.8, 4) is 0 Å². The molecular formula is C9H16N2O. The summed E-state index contributed by atoms with van der Waals surface area (Å²) in [5.74, 6) is 0.239. The third kappa shape index (κ3) is 1.22. The van der Waals surface area contributed by atoms with Gasteiger partial charge < -0.3 is 11.1 Å². The Hall–Kier alpha value is -0.570. The molecule has 2 aliphatic carbocycles. The second-order valence-corrected chi connectivity index (χ2v) is 4.11. The molecule has 12 heavy (non-hydrogen) atoms. The molecule has 1 amide bonds. The van der Waals surface area contributed by atoms with Crippen molar-refractivity contribution in [1.29, 1.82) is 0 Å². The molecule has 0 saturated heterocycles. The first-order chi connectivity index (χ1) is 5.68. The van der Waals surface area contributed by atoms with E-state index >= 15 is 0 Å². The lowest BCUT2D eigenvalue weighted by molar-refractivity contribution is -0.126. The van der Waals surface area contributed by atoms with Gasteiger partial charge in [-0.2, -0.15) is 0 Å². The van der Waals surface area contributed by atoms with Crippen LogP contribution in [0.2, 0.25) is 0 Å². The van der Waals surface area contributed by atoms with E-state index in [0.29, 0.717) is 0 Å². The van der Waals surface area contributed by atoms with Gasteiger partial charge in [-0.05, 0) is 25.7 Å². The van der Waals surface area contributed by atoms with Crippen LogP contribution in [0.5, 0.6) is 0 Å². The highest BCUT2D eigenvalue weighted by Gasteiger charge is 2.50. The third-order valence-electron chi connectivity index (χ3n) is 3.17. The van der Waals surface area contributed by atoms with Gasteiger partial charge in [-0.3, -0.25) is 4.79 Å². The number of nitrogens with one attached hydrogen (secondary N) is 1. The Morgan fingerprint density at radius 2 is 2.25 bits per heavy atom. The molecule has 2 unspecified atom stereocenters. The fourth-order valence-electron chi connectivity index (χ4n) is 1.59. The van der Waals surface area contributed by atoms with E-state index in [-0.39, 0.29) is 23.4 Å². The number of rotatable bonds is 3. The average Bonchev–Trinajstić information content (AvgIpc) is 2.89. The van der Waals surface area contributed by atoms with Crippen LogP contribution in [0.25, 0.3) is 0 Å². The number of nitrogens with two attached hydrogens (primary N) is 1. The van der Waals surface area contributed by atoms with Gasteiger partial charge in [-0.15, -0.1) is 0 Å². The summed E-state index contributed by atoms with van der Waals surface area (Å²) in [6.45, 7) is 2.08. The fourth-order valence-corrected chi connectivity index (χ4v) is 1.59. The minimum Gasteiger partial charge on any atom is -0.351 e. The third-order valence-corrected chi connectivity index (χ3v) is 3.17. The molecule has 0 spiro atoms. The monoisotopic (exact) mass is 168 g/mol. The lowest BCUT2D eigenvalue weighted by atomic mass is 10.0. The quantitative estimate of drug-likeness (QED) is 0.640. The molecule has 0 aromatic rings. The zero-order valence-corrected chi connectivity index (χ0v) is 7.47. The Balaban J connectivity index is 1.84. The van der Waals surface area contributed by atoms with Gasteiger partial charge >= 0.3 is 0 Å². The van der Waals surface area contributed by atoms with E-state index in [1.54, 1.807) is 0 Å². The molecule has 2 fully saturated rings. The summed E-state index contributed by atoms with van der Waals surface area (Å²) in [4.78, 5) is 11.6. The van der Waals surface area contributed by atoms with E-state index in [2.05, 4.69) is 12.2 Å². The SMILES string of the molecule is CCC1(C(=O)NC2CC2N)CC1. The molecular weight excluding hydrogens is 152 g/mol. The molecule has 3 N–H and O–H groups in total. The first-order valence-electron chi connectivity index (χ1n) is 4.74. The van der Waals surface area contributed by atoms with Gasteiger partial charge in [0, 0.05) is 17.5 Å². The van der Waals surface area contributed by atoms with Crippen LogP contribution in [0.3, 0.4) is 0 Å². The van der Waals surface area contributed by atoms with Gasteiger partial charge in [-0.1, -0.05) is 6.92 Å². The molecule has 0 radical (unpaired) electrons. The van der Waals surface area contributed by atoms with Gasteiger partial charge in [0.1, 0.15) is 0 Å². The minimum atomic E-state index is 0.00229. The number of hydrogen-bond donors (Lipinski definition) is 2. The highest BCUT2D eigenvalue weighted by molar-refractivity contribution is 5.85.